The number of halogens is 3. The smallest absolute Gasteiger partial charge is 0.173 e. The van der Waals surface area contributed by atoms with Crippen LogP contribution in [0.15, 0.2) is 0 Å². The Balaban J connectivity index is 4.07. The van der Waals surface area contributed by atoms with E-state index < -0.39 is 18.7 Å². The van der Waals surface area contributed by atoms with E-state index in [1.54, 1.807) is 0 Å². The minimum absolute atomic E-state index is 0.0972. The van der Waals surface area contributed by atoms with E-state index in [-0.39, 0.29) is 4.49 Å². The first-order valence-electron chi connectivity index (χ1n) is 1.45. The largest absolute Gasteiger partial charge is 0.614 e. The van der Waals surface area contributed by atoms with Crippen molar-refractivity contribution in [1.82, 2.24) is 4.49 Å². The molecule has 0 aliphatic rings. The SMILES string of the molecule is O=S(=O)(F)N[P+](O)(F)F. The molecule has 0 spiro atoms. The van der Waals surface area contributed by atoms with E-state index in [9.17, 15) is 20.7 Å². The van der Waals surface area contributed by atoms with Crippen molar-refractivity contribution in [3.05, 3.63) is 0 Å². The van der Waals surface area contributed by atoms with Gasteiger partial charge in [-0.15, -0.1) is 0 Å². The van der Waals surface area contributed by atoms with E-state index in [2.05, 4.69) is 0 Å². The summed E-state index contributed by atoms with van der Waals surface area (Å²) >= 11 is 0. The predicted octanol–water partition coefficient (Wildman–Crippen LogP) is 0.399. The van der Waals surface area contributed by atoms with E-state index >= 15 is 0 Å². The van der Waals surface area contributed by atoms with Gasteiger partial charge in [-0.25, -0.2) is 0 Å². The van der Waals surface area contributed by atoms with Crippen molar-refractivity contribution in [1.29, 1.82) is 0 Å². The molecule has 0 saturated heterocycles. The van der Waals surface area contributed by atoms with Crippen LogP contribution in [0.1, 0.15) is 0 Å². The van der Waals surface area contributed by atoms with Crippen LogP contribution in [0.3, 0.4) is 0 Å². The van der Waals surface area contributed by atoms with Crippen LogP contribution in [-0.2, 0) is 10.4 Å². The second kappa shape index (κ2) is 2.37. The highest BCUT2D eigenvalue weighted by atomic mass is 32.3. The van der Waals surface area contributed by atoms with E-state index in [1.165, 1.54) is 0 Å². The Bertz CT molecular complexity index is 180. The van der Waals surface area contributed by atoms with E-state index in [4.69, 9.17) is 4.89 Å². The zero-order valence-electron chi connectivity index (χ0n) is 3.75. The normalized spacial score (nSPS) is 13.8. The Hall–Kier alpha value is 0.0900. The minimum atomic E-state index is -5.75. The summed E-state index contributed by atoms with van der Waals surface area (Å²) in [6.45, 7) is 0. The summed E-state index contributed by atoms with van der Waals surface area (Å²) in [6, 6.07) is 0. The summed E-state index contributed by atoms with van der Waals surface area (Å²) in [5, 5.41) is 0. The topological polar surface area (TPSA) is 66.4 Å². The van der Waals surface area contributed by atoms with Crippen LogP contribution in [0.4, 0.5) is 12.3 Å². The van der Waals surface area contributed by atoms with Crippen LogP contribution in [0.25, 0.3) is 0 Å². The molecule has 9 heteroatoms. The van der Waals surface area contributed by atoms with Gasteiger partial charge in [0.25, 0.3) is 0 Å². The number of rotatable bonds is 2. The molecule has 0 aromatic carbocycles. The summed E-state index contributed by atoms with van der Waals surface area (Å²) in [5.41, 5.74) is 0. The van der Waals surface area contributed by atoms with Gasteiger partial charge in [0.1, 0.15) is 0 Å². The zero-order valence-corrected chi connectivity index (χ0v) is 5.46. The van der Waals surface area contributed by atoms with Gasteiger partial charge in [-0.05, 0) is 0 Å². The van der Waals surface area contributed by atoms with Gasteiger partial charge in [-0.2, -0.15) is 13.3 Å². The fourth-order valence-electron chi connectivity index (χ4n) is 0.131. The lowest BCUT2D eigenvalue weighted by molar-refractivity contribution is 0.452. The molecule has 0 heterocycles. The van der Waals surface area contributed by atoms with Crippen molar-refractivity contribution in [3.63, 3.8) is 0 Å². The highest BCUT2D eigenvalue weighted by molar-refractivity contribution is 7.91. The highest BCUT2D eigenvalue weighted by Crippen LogP contribution is 2.54. The molecule has 0 radical (unpaired) electrons. The Morgan fingerprint density at radius 2 is 1.78 bits per heavy atom. The fourth-order valence-corrected chi connectivity index (χ4v) is 1.18. The van der Waals surface area contributed by atoms with Gasteiger partial charge < -0.3 is 0 Å². The Kier molecular flexibility index (Phi) is 2.40. The number of hydrogen-bond acceptors (Lipinski definition) is 3. The number of nitrogens with one attached hydrogen (secondary N) is 1. The molecule has 0 aliphatic heterocycles. The van der Waals surface area contributed by atoms with Crippen LogP contribution in [-0.4, -0.2) is 13.3 Å². The molecule has 0 bridgehead atoms. The van der Waals surface area contributed by atoms with Crippen molar-refractivity contribution in [2.75, 3.05) is 0 Å². The maximum absolute atomic E-state index is 11.2. The molecule has 0 atom stereocenters. The molecule has 0 fully saturated rings. The molecular weight excluding hydrogens is 182 g/mol. The third kappa shape index (κ3) is 8.09. The van der Waals surface area contributed by atoms with E-state index in [0.717, 1.165) is 0 Å². The summed E-state index contributed by atoms with van der Waals surface area (Å²) in [7, 11) is -11.2. The molecule has 0 unspecified atom stereocenters. The first-order valence-corrected chi connectivity index (χ1v) is 4.36. The molecule has 56 valence electrons. The molecule has 0 saturated carbocycles. The maximum atomic E-state index is 11.2. The lowest BCUT2D eigenvalue weighted by Gasteiger charge is -1.90. The van der Waals surface area contributed by atoms with Crippen LogP contribution in [0.2, 0.25) is 0 Å². The monoisotopic (exact) mass is 184 g/mol. The lowest BCUT2D eigenvalue weighted by atomic mass is 13.9. The first kappa shape index (κ1) is 9.09. The van der Waals surface area contributed by atoms with Crippen LogP contribution in [0, 0.1) is 0 Å². The van der Waals surface area contributed by atoms with Gasteiger partial charge in [-0.1, -0.05) is 3.89 Å². The quantitative estimate of drug-likeness (QED) is 0.482. The van der Waals surface area contributed by atoms with E-state index in [0.29, 0.717) is 0 Å². The predicted molar refractivity (Wildman–Crippen MR) is 24.5 cm³/mol. The van der Waals surface area contributed by atoms with Gasteiger partial charge in [0.05, 0.1) is 0 Å². The van der Waals surface area contributed by atoms with E-state index in [1.807, 2.05) is 0 Å². The van der Waals surface area contributed by atoms with Crippen molar-refractivity contribution in [2.24, 2.45) is 0 Å². The summed E-state index contributed by atoms with van der Waals surface area (Å²) < 4.78 is 52.1. The van der Waals surface area contributed by atoms with Gasteiger partial charge in [0.15, 0.2) is 0 Å². The number of hydrogen-bond donors (Lipinski definition) is 2. The Labute approximate surface area is 49.7 Å². The van der Waals surface area contributed by atoms with Crippen molar-refractivity contribution in [3.8, 4) is 0 Å². The summed E-state index contributed by atoms with van der Waals surface area (Å²) in [6.07, 6.45) is 0. The van der Waals surface area contributed by atoms with Crippen LogP contribution in [0.5, 0.6) is 0 Å². The van der Waals surface area contributed by atoms with Crippen molar-refractivity contribution in [2.45, 2.75) is 0 Å². The molecule has 4 nitrogen and oxygen atoms in total. The lowest BCUT2D eigenvalue weighted by Crippen LogP contribution is -2.14. The zero-order chi connectivity index (χ0) is 7.71. The minimum Gasteiger partial charge on any atom is -0.173 e. The molecule has 0 rings (SSSR count). The summed E-state index contributed by atoms with van der Waals surface area (Å²) in [4.78, 5) is 7.40. The molecule has 0 aromatic rings. The molecule has 0 aliphatic carbocycles. The molecule has 2 N–H and O–H groups in total. The molecular formula is H2F3NO3PS+. The first-order chi connectivity index (χ1) is 3.71. The van der Waals surface area contributed by atoms with Crippen molar-refractivity contribution < 1.29 is 25.6 Å². The molecule has 0 amide bonds. The van der Waals surface area contributed by atoms with Gasteiger partial charge in [-0.3, -0.25) is 0 Å². The highest BCUT2D eigenvalue weighted by Gasteiger charge is 2.45. The van der Waals surface area contributed by atoms with Gasteiger partial charge in [0.2, 0.25) is 0 Å². The fraction of sp³-hybridized carbons (Fsp3) is 0. The Morgan fingerprint density at radius 1 is 1.44 bits per heavy atom. The standard InChI is InChI=1S/F3H2NO3PS/c1-8(2,5)4-9(3,6)7/h4-5H/q+1. The molecule has 9 heavy (non-hydrogen) atoms. The second-order valence-electron chi connectivity index (χ2n) is 1.01. The van der Waals surface area contributed by atoms with Crippen LogP contribution >= 0.6 is 8.26 Å². The third-order valence-electron chi connectivity index (χ3n) is 0.219. The van der Waals surface area contributed by atoms with Crippen molar-refractivity contribution >= 4 is 18.7 Å². The van der Waals surface area contributed by atoms with Gasteiger partial charge in [0, 0.05) is 12.9 Å². The Morgan fingerprint density at radius 3 is 1.78 bits per heavy atom. The maximum Gasteiger partial charge on any atom is 0.614 e. The average molecular weight is 184 g/mol. The second-order valence-corrected chi connectivity index (χ2v) is 3.59. The third-order valence-corrected chi connectivity index (χ3v) is 1.97. The summed E-state index contributed by atoms with van der Waals surface area (Å²) in [5.74, 6) is 0. The van der Waals surface area contributed by atoms with Gasteiger partial charge >= 0.3 is 18.7 Å². The van der Waals surface area contributed by atoms with Crippen LogP contribution < -0.4 is 4.49 Å². The molecule has 0 aromatic heterocycles. The average Bonchev–Trinajstić information content (AvgIpc) is 1.14.